The third-order valence-electron chi connectivity index (χ3n) is 7.85. The van der Waals surface area contributed by atoms with E-state index in [1.807, 2.05) is 42.5 Å². The Morgan fingerprint density at radius 1 is 0.861 bits per heavy atom. The van der Waals surface area contributed by atoms with E-state index in [9.17, 15) is 0 Å². The number of benzene rings is 2. The zero-order valence-corrected chi connectivity index (χ0v) is 20.9. The van der Waals surface area contributed by atoms with E-state index in [4.69, 9.17) is 15.5 Å². The minimum atomic E-state index is 0.412. The van der Waals surface area contributed by atoms with Gasteiger partial charge >= 0.3 is 0 Å². The minimum Gasteiger partial charge on any atom is -0.457 e. The predicted molar refractivity (Wildman–Crippen MR) is 144 cm³/mol. The van der Waals surface area contributed by atoms with E-state index in [-0.39, 0.29) is 0 Å². The molecule has 2 fully saturated rings. The lowest BCUT2D eigenvalue weighted by molar-refractivity contribution is 0.0791. The number of hydrogen-bond acceptors (Lipinski definition) is 6. The van der Waals surface area contributed by atoms with Gasteiger partial charge in [-0.3, -0.25) is 4.90 Å². The molecule has 2 aliphatic rings. The van der Waals surface area contributed by atoms with Gasteiger partial charge in [-0.25, -0.2) is 9.97 Å². The Kier molecular flexibility index (Phi) is 6.34. The molecule has 2 aromatic heterocycles. The lowest BCUT2D eigenvalue weighted by Crippen LogP contribution is -2.50. The number of para-hydroxylation sites is 1. The van der Waals surface area contributed by atoms with Crippen LogP contribution in [0.25, 0.3) is 22.2 Å². The van der Waals surface area contributed by atoms with Crippen LogP contribution in [0.5, 0.6) is 11.5 Å². The quantitative estimate of drug-likeness (QED) is 0.421. The zero-order valence-electron chi connectivity index (χ0n) is 20.9. The van der Waals surface area contributed by atoms with Gasteiger partial charge in [0.25, 0.3) is 0 Å². The van der Waals surface area contributed by atoms with Gasteiger partial charge < -0.3 is 19.9 Å². The predicted octanol–water partition coefficient (Wildman–Crippen LogP) is 5.20. The number of nitrogen functional groups attached to an aromatic ring is 1. The number of ether oxygens (including phenoxy) is 1. The molecule has 7 nitrogen and oxygen atoms in total. The van der Waals surface area contributed by atoms with Crippen molar-refractivity contribution >= 4 is 16.9 Å². The Morgan fingerprint density at radius 2 is 1.58 bits per heavy atom. The van der Waals surface area contributed by atoms with E-state index in [2.05, 4.69) is 44.7 Å². The summed E-state index contributed by atoms with van der Waals surface area (Å²) in [5.41, 5.74) is 9.53. The first-order chi connectivity index (χ1) is 17.7. The largest absolute Gasteiger partial charge is 0.457 e. The smallest absolute Gasteiger partial charge is 0.146 e. The molecule has 0 amide bonds. The lowest BCUT2D eigenvalue weighted by atomic mass is 9.89. The van der Waals surface area contributed by atoms with Crippen molar-refractivity contribution in [2.45, 2.75) is 37.8 Å². The maximum atomic E-state index is 6.42. The first-order valence-corrected chi connectivity index (χ1v) is 13.0. The maximum absolute atomic E-state index is 6.42. The van der Waals surface area contributed by atoms with Gasteiger partial charge in [-0.1, -0.05) is 30.3 Å². The molecular formula is C29H34N6O. The molecule has 6 rings (SSSR count). The first-order valence-electron chi connectivity index (χ1n) is 13.0. The number of hydrogen-bond donors (Lipinski definition) is 1. The van der Waals surface area contributed by atoms with Crippen molar-refractivity contribution in [2.75, 3.05) is 39.0 Å². The molecule has 186 valence electrons. The summed E-state index contributed by atoms with van der Waals surface area (Å²) < 4.78 is 8.37. The molecule has 2 aromatic carbocycles. The summed E-state index contributed by atoms with van der Waals surface area (Å²) in [6.45, 7) is 4.65. The third-order valence-corrected chi connectivity index (χ3v) is 7.85. The summed E-state index contributed by atoms with van der Waals surface area (Å²) in [7, 11) is 2.22. The fourth-order valence-corrected chi connectivity index (χ4v) is 5.84. The number of nitrogens with two attached hydrogens (primary N) is 1. The molecule has 1 saturated heterocycles. The fourth-order valence-electron chi connectivity index (χ4n) is 5.84. The van der Waals surface area contributed by atoms with Gasteiger partial charge in [-0.05, 0) is 62.6 Å². The maximum Gasteiger partial charge on any atom is 0.146 e. The average molecular weight is 483 g/mol. The molecular weight excluding hydrogens is 448 g/mol. The molecule has 1 aliphatic carbocycles. The number of anilines is 1. The molecule has 1 saturated carbocycles. The van der Waals surface area contributed by atoms with Gasteiger partial charge in [0.15, 0.2) is 0 Å². The Bertz CT molecular complexity index is 1310. The first kappa shape index (κ1) is 23.0. The van der Waals surface area contributed by atoms with Crippen LogP contribution in [0, 0.1) is 0 Å². The molecule has 3 heterocycles. The highest BCUT2D eigenvalue weighted by atomic mass is 16.5. The van der Waals surface area contributed by atoms with Crippen molar-refractivity contribution < 1.29 is 4.74 Å². The molecule has 1 aliphatic heterocycles. The van der Waals surface area contributed by atoms with E-state index >= 15 is 0 Å². The van der Waals surface area contributed by atoms with E-state index in [0.29, 0.717) is 17.9 Å². The van der Waals surface area contributed by atoms with E-state index in [0.717, 1.165) is 66.3 Å². The number of aromatic nitrogens is 3. The van der Waals surface area contributed by atoms with E-state index in [1.54, 1.807) is 6.33 Å². The normalized spacial score (nSPS) is 21.6. The zero-order chi connectivity index (χ0) is 24.5. The van der Waals surface area contributed by atoms with Crippen molar-refractivity contribution in [1.82, 2.24) is 24.3 Å². The molecule has 0 unspecified atom stereocenters. The van der Waals surface area contributed by atoms with Gasteiger partial charge in [-0.2, -0.15) is 0 Å². The molecule has 0 spiro atoms. The second-order valence-electron chi connectivity index (χ2n) is 10.2. The third kappa shape index (κ3) is 4.56. The molecule has 4 aromatic rings. The van der Waals surface area contributed by atoms with Crippen molar-refractivity contribution in [1.29, 1.82) is 0 Å². The lowest BCUT2D eigenvalue weighted by Gasteiger charge is -2.41. The number of fused-ring (bicyclic) bond motifs is 1. The molecule has 36 heavy (non-hydrogen) atoms. The molecule has 0 radical (unpaired) electrons. The Balaban J connectivity index is 1.29. The Hall–Kier alpha value is -3.42. The highest BCUT2D eigenvalue weighted by Gasteiger charge is 2.30. The molecule has 2 N–H and O–H groups in total. The van der Waals surface area contributed by atoms with E-state index < -0.39 is 0 Å². The van der Waals surface area contributed by atoms with Crippen LogP contribution in [0.1, 0.15) is 31.7 Å². The van der Waals surface area contributed by atoms with Crippen LogP contribution in [0.3, 0.4) is 0 Å². The highest BCUT2D eigenvalue weighted by molar-refractivity contribution is 6.00. The standard InChI is InChI=1S/C29H34N6O/c1-33-14-16-34(17-15-33)22-6-5-7-23(18-22)35-19-26(27-28(30)31-20-32-29(27)35)21-10-12-25(13-11-21)36-24-8-3-2-4-9-24/h2-4,8-13,19-20,22-23H,5-7,14-18H2,1H3,(H2,30,31,32)/t22-,23-/m1/s1. The second kappa shape index (κ2) is 9.91. The van der Waals surface area contributed by atoms with Crippen LogP contribution >= 0.6 is 0 Å². The highest BCUT2D eigenvalue weighted by Crippen LogP contribution is 2.39. The van der Waals surface area contributed by atoms with Gasteiger partial charge in [0.1, 0.15) is 29.3 Å². The number of nitrogens with zero attached hydrogens (tertiary/aromatic N) is 5. The summed E-state index contributed by atoms with van der Waals surface area (Å²) in [4.78, 5) is 14.2. The SMILES string of the molecule is CN1CCN([C@@H]2CCC[C@@H](n3cc(-c4ccc(Oc5ccccc5)cc4)c4c(N)ncnc43)C2)CC1. The summed E-state index contributed by atoms with van der Waals surface area (Å²) >= 11 is 0. The fraction of sp³-hybridized carbons (Fsp3) is 0.379. The van der Waals surface area contributed by atoms with Crippen LogP contribution < -0.4 is 10.5 Å². The number of piperazine rings is 1. The van der Waals surface area contributed by atoms with Crippen LogP contribution in [0.15, 0.2) is 67.1 Å². The topological polar surface area (TPSA) is 72.4 Å². The van der Waals surface area contributed by atoms with Crippen molar-refractivity contribution in [3.8, 4) is 22.6 Å². The Morgan fingerprint density at radius 3 is 2.36 bits per heavy atom. The molecule has 2 atom stereocenters. The summed E-state index contributed by atoms with van der Waals surface area (Å²) in [5, 5.41) is 0.941. The second-order valence-corrected chi connectivity index (χ2v) is 10.2. The van der Waals surface area contributed by atoms with Gasteiger partial charge in [0, 0.05) is 50.0 Å². The van der Waals surface area contributed by atoms with Crippen molar-refractivity contribution in [3.05, 3.63) is 67.1 Å². The van der Waals surface area contributed by atoms with Crippen LogP contribution in [-0.2, 0) is 0 Å². The summed E-state index contributed by atoms with van der Waals surface area (Å²) in [5.74, 6) is 2.16. The average Bonchev–Trinajstić information content (AvgIpc) is 3.31. The summed E-state index contributed by atoms with van der Waals surface area (Å²) in [6, 6.07) is 19.1. The van der Waals surface area contributed by atoms with Gasteiger partial charge in [0.05, 0.1) is 5.39 Å². The van der Waals surface area contributed by atoms with Crippen LogP contribution in [0.4, 0.5) is 5.82 Å². The van der Waals surface area contributed by atoms with Gasteiger partial charge in [-0.15, -0.1) is 0 Å². The Labute approximate surface area is 212 Å². The van der Waals surface area contributed by atoms with Crippen molar-refractivity contribution in [3.63, 3.8) is 0 Å². The van der Waals surface area contributed by atoms with Gasteiger partial charge in [0.2, 0.25) is 0 Å². The van der Waals surface area contributed by atoms with Crippen molar-refractivity contribution in [2.24, 2.45) is 0 Å². The van der Waals surface area contributed by atoms with Crippen LogP contribution in [0.2, 0.25) is 0 Å². The molecule has 0 bridgehead atoms. The number of likely N-dealkylation sites (N-methyl/N-ethyl adjacent to an activating group) is 1. The monoisotopic (exact) mass is 482 g/mol. The summed E-state index contributed by atoms with van der Waals surface area (Å²) in [6.07, 6.45) is 8.69. The molecule has 7 heteroatoms. The van der Waals surface area contributed by atoms with E-state index in [1.165, 1.54) is 19.3 Å². The number of rotatable bonds is 5. The minimum absolute atomic E-state index is 0.412. The van der Waals surface area contributed by atoms with Crippen LogP contribution in [-0.4, -0.2) is 63.6 Å².